The van der Waals surface area contributed by atoms with Gasteiger partial charge in [-0.1, -0.05) is 12.2 Å². The molecule has 1 heterocycles. The molecule has 2 bridgehead atoms. The maximum absolute atomic E-state index is 12.8. The fourth-order valence-electron chi connectivity index (χ4n) is 4.98. The summed E-state index contributed by atoms with van der Waals surface area (Å²) in [6.07, 6.45) is 5.34. The van der Waals surface area contributed by atoms with Gasteiger partial charge < -0.3 is 4.74 Å². The maximum Gasteiger partial charge on any atom is 0.270 e. The van der Waals surface area contributed by atoms with E-state index in [1.165, 1.54) is 0 Å². The zero-order valence-corrected chi connectivity index (χ0v) is 13.7. The fourth-order valence-corrected chi connectivity index (χ4v) is 4.98. The van der Waals surface area contributed by atoms with Gasteiger partial charge in [0.1, 0.15) is 5.75 Å². The lowest BCUT2D eigenvalue weighted by atomic mass is 9.63. The number of hydrogen-bond donors (Lipinski definition) is 1. The largest absolute Gasteiger partial charge is 0.497 e. The van der Waals surface area contributed by atoms with Crippen molar-refractivity contribution in [3.63, 3.8) is 0 Å². The minimum atomic E-state index is -0.464. The number of rotatable bonds is 3. The molecule has 0 aromatic heterocycles. The topological polar surface area (TPSA) is 75.7 Å². The number of imide groups is 1. The van der Waals surface area contributed by atoms with Crippen LogP contribution in [0, 0.1) is 35.5 Å². The fraction of sp³-hybridized carbons (Fsp3) is 0.421. The van der Waals surface area contributed by atoms with Gasteiger partial charge in [-0.3, -0.25) is 19.8 Å². The molecule has 3 amide bonds. The summed E-state index contributed by atoms with van der Waals surface area (Å²) in [7, 11) is 1.55. The highest BCUT2D eigenvalue weighted by Crippen LogP contribution is 2.65. The summed E-state index contributed by atoms with van der Waals surface area (Å²) in [5, 5.41) is 0.958. The molecule has 5 aliphatic rings. The highest BCUT2D eigenvalue weighted by Gasteiger charge is 2.67. The van der Waals surface area contributed by atoms with Gasteiger partial charge in [0.05, 0.1) is 18.9 Å². The SMILES string of the molecule is COc1ccc(C(=O)NN2C(=O)C3C4C=CC(C5CC45)C3C2=O)cc1. The Bertz CT molecular complexity index is 779. The van der Waals surface area contributed by atoms with Crippen molar-refractivity contribution in [3.05, 3.63) is 42.0 Å². The highest BCUT2D eigenvalue weighted by molar-refractivity contribution is 6.08. The van der Waals surface area contributed by atoms with E-state index in [1.807, 2.05) is 0 Å². The molecule has 1 aromatic rings. The zero-order valence-electron chi connectivity index (χ0n) is 13.7. The van der Waals surface area contributed by atoms with Gasteiger partial charge in [-0.2, -0.15) is 5.01 Å². The minimum Gasteiger partial charge on any atom is -0.497 e. The Morgan fingerprint density at radius 3 is 2.12 bits per heavy atom. The quantitative estimate of drug-likeness (QED) is 0.668. The predicted octanol–water partition coefficient (Wildman–Crippen LogP) is 1.39. The van der Waals surface area contributed by atoms with E-state index in [0.717, 1.165) is 11.4 Å². The van der Waals surface area contributed by atoms with Crippen LogP contribution in [0.1, 0.15) is 16.8 Å². The van der Waals surface area contributed by atoms with Crippen LogP contribution in [0.5, 0.6) is 5.75 Å². The molecule has 6 heteroatoms. The molecule has 1 N–H and O–H groups in total. The van der Waals surface area contributed by atoms with Crippen LogP contribution in [0.2, 0.25) is 0 Å². The molecule has 6 nitrogen and oxygen atoms in total. The molecule has 1 saturated heterocycles. The second-order valence-corrected chi connectivity index (χ2v) is 7.34. The van der Waals surface area contributed by atoms with E-state index in [4.69, 9.17) is 4.74 Å². The van der Waals surface area contributed by atoms with Gasteiger partial charge in [-0.25, -0.2) is 0 Å². The molecule has 0 radical (unpaired) electrons. The first-order valence-electron chi connectivity index (χ1n) is 8.61. The summed E-state index contributed by atoms with van der Waals surface area (Å²) in [4.78, 5) is 38.1. The van der Waals surface area contributed by atoms with Crippen molar-refractivity contribution in [2.75, 3.05) is 7.11 Å². The van der Waals surface area contributed by atoms with Gasteiger partial charge in [0.25, 0.3) is 17.7 Å². The molecular weight excluding hydrogens is 320 g/mol. The molecule has 1 aromatic carbocycles. The normalized spacial score (nSPS) is 36.9. The average molecular weight is 338 g/mol. The molecular formula is C19H18N2O4. The van der Waals surface area contributed by atoms with Gasteiger partial charge in [-0.05, 0) is 54.4 Å². The first kappa shape index (κ1) is 14.7. The van der Waals surface area contributed by atoms with Crippen molar-refractivity contribution < 1.29 is 19.1 Å². The number of benzene rings is 1. The Kier molecular flexibility index (Phi) is 2.90. The number of amides is 3. The smallest absolute Gasteiger partial charge is 0.270 e. The lowest BCUT2D eigenvalue weighted by Gasteiger charge is -2.37. The van der Waals surface area contributed by atoms with Crippen molar-refractivity contribution >= 4 is 17.7 Å². The van der Waals surface area contributed by atoms with E-state index < -0.39 is 5.91 Å². The number of nitrogens with one attached hydrogen (secondary N) is 1. The summed E-state index contributed by atoms with van der Waals surface area (Å²) < 4.78 is 5.07. The van der Waals surface area contributed by atoms with Crippen LogP contribution in [0.15, 0.2) is 36.4 Å². The zero-order chi connectivity index (χ0) is 17.3. The van der Waals surface area contributed by atoms with Gasteiger partial charge in [0, 0.05) is 5.56 Å². The van der Waals surface area contributed by atoms with Crippen LogP contribution in [-0.2, 0) is 9.59 Å². The minimum absolute atomic E-state index is 0.152. The molecule has 2 saturated carbocycles. The van der Waals surface area contributed by atoms with Crippen molar-refractivity contribution in [3.8, 4) is 5.75 Å². The second kappa shape index (κ2) is 4.94. The Hall–Kier alpha value is -2.63. The monoisotopic (exact) mass is 338 g/mol. The molecule has 25 heavy (non-hydrogen) atoms. The molecule has 6 unspecified atom stereocenters. The summed E-state index contributed by atoms with van der Waals surface area (Å²) in [5.74, 6) is 0.438. The van der Waals surface area contributed by atoms with Crippen molar-refractivity contribution in [1.82, 2.24) is 10.4 Å². The van der Waals surface area contributed by atoms with E-state index in [2.05, 4.69) is 17.6 Å². The third-order valence-electron chi connectivity index (χ3n) is 6.23. The summed E-state index contributed by atoms with van der Waals surface area (Å²) >= 11 is 0. The molecule has 6 rings (SSSR count). The number of hydrazine groups is 1. The number of methoxy groups -OCH3 is 1. The van der Waals surface area contributed by atoms with Gasteiger partial charge >= 0.3 is 0 Å². The predicted molar refractivity (Wildman–Crippen MR) is 87.0 cm³/mol. The van der Waals surface area contributed by atoms with Crippen LogP contribution in [0.25, 0.3) is 0 Å². The number of ether oxygens (including phenoxy) is 1. The first-order valence-corrected chi connectivity index (χ1v) is 8.61. The van der Waals surface area contributed by atoms with E-state index in [9.17, 15) is 14.4 Å². The molecule has 1 aliphatic heterocycles. The van der Waals surface area contributed by atoms with Crippen molar-refractivity contribution in [1.29, 1.82) is 0 Å². The van der Waals surface area contributed by atoms with Crippen LogP contribution in [-0.4, -0.2) is 29.8 Å². The first-order chi connectivity index (χ1) is 12.1. The van der Waals surface area contributed by atoms with Crippen molar-refractivity contribution in [2.24, 2.45) is 35.5 Å². The Balaban J connectivity index is 1.37. The highest BCUT2D eigenvalue weighted by atomic mass is 16.5. The van der Waals surface area contributed by atoms with Crippen LogP contribution < -0.4 is 10.2 Å². The number of carbonyl (C=O) groups excluding carboxylic acids is 3. The summed E-state index contributed by atoms with van der Waals surface area (Å²) in [6, 6.07) is 6.54. The number of carbonyl (C=O) groups is 3. The number of nitrogens with zero attached hydrogens (tertiary/aromatic N) is 1. The molecule has 3 fully saturated rings. The molecule has 0 spiro atoms. The third kappa shape index (κ3) is 1.94. The number of hydrogen-bond acceptors (Lipinski definition) is 4. The Morgan fingerprint density at radius 1 is 1.04 bits per heavy atom. The van der Waals surface area contributed by atoms with E-state index in [-0.39, 0.29) is 35.5 Å². The van der Waals surface area contributed by atoms with Gasteiger partial charge in [-0.15, -0.1) is 0 Å². The number of allylic oxidation sites excluding steroid dienone is 2. The van der Waals surface area contributed by atoms with Crippen LogP contribution in [0.3, 0.4) is 0 Å². The third-order valence-corrected chi connectivity index (χ3v) is 6.23. The van der Waals surface area contributed by atoms with Gasteiger partial charge in [0.15, 0.2) is 0 Å². The maximum atomic E-state index is 12.8. The Labute approximate surface area is 144 Å². The van der Waals surface area contributed by atoms with Gasteiger partial charge in [0.2, 0.25) is 0 Å². The van der Waals surface area contributed by atoms with E-state index in [0.29, 0.717) is 23.1 Å². The van der Waals surface area contributed by atoms with E-state index >= 15 is 0 Å². The summed E-state index contributed by atoms with van der Waals surface area (Å²) in [6.45, 7) is 0. The van der Waals surface area contributed by atoms with E-state index in [1.54, 1.807) is 31.4 Å². The van der Waals surface area contributed by atoms with Crippen LogP contribution in [0.4, 0.5) is 0 Å². The molecule has 4 aliphatic carbocycles. The molecule has 6 atom stereocenters. The van der Waals surface area contributed by atoms with Crippen molar-refractivity contribution in [2.45, 2.75) is 6.42 Å². The Morgan fingerprint density at radius 2 is 1.60 bits per heavy atom. The summed E-state index contributed by atoms with van der Waals surface area (Å²) in [5.41, 5.74) is 2.89. The lowest BCUT2D eigenvalue weighted by molar-refractivity contribution is -0.143. The molecule has 128 valence electrons. The lowest BCUT2D eigenvalue weighted by Crippen LogP contribution is -2.46. The standard InChI is InChI=1S/C19H18N2O4/c1-25-10-4-2-9(3-5-10)17(22)20-21-18(23)15-11-6-7-12(14-8-13(11)14)16(15)19(21)24/h2-7,11-16H,8H2,1H3,(H,20,22). The second-order valence-electron chi connectivity index (χ2n) is 7.34. The average Bonchev–Trinajstić information content (AvgIpc) is 3.43. The van der Waals surface area contributed by atoms with Crippen LogP contribution >= 0.6 is 0 Å².